The lowest BCUT2D eigenvalue weighted by Gasteiger charge is -2.47. The van der Waals surface area contributed by atoms with Crippen LogP contribution in [0.4, 0.5) is 0 Å². The van der Waals surface area contributed by atoms with Crippen molar-refractivity contribution in [3.63, 3.8) is 0 Å². The second kappa shape index (κ2) is 12.6. The number of fused-ring (bicyclic) bond motifs is 1. The quantitative estimate of drug-likeness (QED) is 0.455. The van der Waals surface area contributed by atoms with E-state index >= 15 is 0 Å². The van der Waals surface area contributed by atoms with Crippen LogP contribution in [0.15, 0.2) is 48.5 Å². The summed E-state index contributed by atoms with van der Waals surface area (Å²) in [6, 6.07) is 14.9. The van der Waals surface area contributed by atoms with Crippen molar-refractivity contribution in [1.82, 2.24) is 15.5 Å². The first-order valence-electron chi connectivity index (χ1n) is 14.7. The lowest BCUT2D eigenvalue weighted by atomic mass is 9.72. The molecule has 6 nitrogen and oxygen atoms in total. The van der Waals surface area contributed by atoms with Gasteiger partial charge >= 0.3 is 0 Å². The van der Waals surface area contributed by atoms with Crippen LogP contribution in [0.2, 0.25) is 0 Å². The zero-order valence-electron chi connectivity index (χ0n) is 24.4. The van der Waals surface area contributed by atoms with Crippen LogP contribution in [0.1, 0.15) is 79.9 Å². The van der Waals surface area contributed by atoms with Gasteiger partial charge in [-0.15, -0.1) is 0 Å². The molecule has 2 aromatic rings. The second-order valence-electron chi connectivity index (χ2n) is 12.8. The first-order valence-corrected chi connectivity index (χ1v) is 14.7. The third-order valence-corrected chi connectivity index (χ3v) is 8.65. The average Bonchev–Trinajstić information content (AvgIpc) is 2.89. The molecule has 2 fully saturated rings. The summed E-state index contributed by atoms with van der Waals surface area (Å²) in [6.45, 7) is 11.1. The Morgan fingerprint density at radius 1 is 1.00 bits per heavy atom. The summed E-state index contributed by atoms with van der Waals surface area (Å²) in [4.78, 5) is 29.1. The number of hydrogen-bond acceptors (Lipinski definition) is 4. The molecule has 4 rings (SSSR count). The van der Waals surface area contributed by atoms with Crippen molar-refractivity contribution in [2.45, 2.75) is 96.9 Å². The van der Waals surface area contributed by atoms with Gasteiger partial charge < -0.3 is 15.7 Å². The zero-order chi connectivity index (χ0) is 28.2. The molecule has 1 saturated heterocycles. The molecular weight excluding hydrogens is 486 g/mol. The highest BCUT2D eigenvalue weighted by molar-refractivity contribution is 5.96. The van der Waals surface area contributed by atoms with Gasteiger partial charge in [0.05, 0.1) is 18.2 Å². The van der Waals surface area contributed by atoms with Crippen LogP contribution >= 0.6 is 0 Å². The minimum Gasteiger partial charge on any atom is -0.390 e. The minimum absolute atomic E-state index is 0.0396. The molecular formula is C33H47N3O3. The predicted octanol–water partition coefficient (Wildman–Crippen LogP) is 4.80. The number of carbonyl (C=O) groups excluding carboxylic acids is 2. The van der Waals surface area contributed by atoms with Crippen molar-refractivity contribution in [3.05, 3.63) is 70.8 Å². The fourth-order valence-electron chi connectivity index (χ4n) is 6.39. The van der Waals surface area contributed by atoms with Gasteiger partial charge in [0.15, 0.2) is 0 Å². The first-order chi connectivity index (χ1) is 18.5. The van der Waals surface area contributed by atoms with E-state index in [0.29, 0.717) is 30.4 Å². The number of likely N-dealkylation sites (tertiary alicyclic amines) is 1. The van der Waals surface area contributed by atoms with Gasteiger partial charge in [-0.3, -0.25) is 14.5 Å². The van der Waals surface area contributed by atoms with Crippen LogP contribution in [0.25, 0.3) is 0 Å². The Balaban J connectivity index is 1.56. The Morgan fingerprint density at radius 2 is 1.69 bits per heavy atom. The van der Waals surface area contributed by atoms with Crippen molar-refractivity contribution >= 4 is 11.8 Å². The maximum absolute atomic E-state index is 13.5. The molecule has 1 saturated carbocycles. The third kappa shape index (κ3) is 7.70. The van der Waals surface area contributed by atoms with Gasteiger partial charge in [0.1, 0.15) is 0 Å². The Morgan fingerprint density at radius 3 is 2.38 bits per heavy atom. The number of aliphatic hydroxyl groups excluding tert-OH is 1. The number of piperidine rings is 1. The average molecular weight is 534 g/mol. The molecule has 1 heterocycles. The largest absolute Gasteiger partial charge is 0.390 e. The molecule has 2 aromatic carbocycles. The smallest absolute Gasteiger partial charge is 0.251 e. The van der Waals surface area contributed by atoms with Crippen LogP contribution in [0, 0.1) is 25.7 Å². The van der Waals surface area contributed by atoms with Gasteiger partial charge in [-0.2, -0.15) is 0 Å². The zero-order valence-corrected chi connectivity index (χ0v) is 24.4. The van der Waals surface area contributed by atoms with Gasteiger partial charge in [-0.25, -0.2) is 0 Å². The number of amides is 2. The summed E-state index contributed by atoms with van der Waals surface area (Å²) >= 11 is 0. The number of aliphatic hydroxyl groups is 1. The van der Waals surface area contributed by atoms with Gasteiger partial charge in [-0.1, -0.05) is 61.7 Å². The molecule has 0 aromatic heterocycles. The van der Waals surface area contributed by atoms with Gasteiger partial charge in [-0.05, 0) is 88.5 Å². The van der Waals surface area contributed by atoms with Crippen LogP contribution < -0.4 is 10.6 Å². The highest BCUT2D eigenvalue weighted by Crippen LogP contribution is 2.39. The highest BCUT2D eigenvalue weighted by Gasteiger charge is 2.41. The Hall–Kier alpha value is -2.70. The fourth-order valence-corrected chi connectivity index (χ4v) is 6.39. The summed E-state index contributed by atoms with van der Waals surface area (Å²) in [5, 5.41) is 18.0. The molecule has 0 bridgehead atoms. The number of rotatable bonds is 8. The van der Waals surface area contributed by atoms with Crippen LogP contribution in [-0.2, 0) is 11.2 Å². The number of nitrogens with zero attached hydrogens (tertiary/aromatic N) is 1. The monoisotopic (exact) mass is 533 g/mol. The van der Waals surface area contributed by atoms with Gasteiger partial charge in [0, 0.05) is 24.2 Å². The lowest BCUT2D eigenvalue weighted by molar-refractivity contribution is -0.132. The van der Waals surface area contributed by atoms with Crippen LogP contribution in [-0.4, -0.2) is 58.6 Å². The second-order valence-corrected chi connectivity index (χ2v) is 12.8. The molecule has 5 atom stereocenters. The fraction of sp³-hybridized carbons (Fsp3) is 0.576. The van der Waals surface area contributed by atoms with Crippen molar-refractivity contribution in [1.29, 1.82) is 0 Å². The number of aryl methyl sites for hydroxylation is 1. The standard InChI is InChI=1S/C33H47N3O3/c1-22-12-11-17-27(23(22)2)31(38)34-28(18-24-13-7-6-8-14-24)30(37)21-36-20-26-16-10-9-15-25(26)19-29(36)32(39)35-33(3,4)5/h6-8,11-14,17,25-26,28-30,37H,9-10,15-16,18-21H2,1-5H3,(H,34,38)(H,35,39)/t25?,26?,28?,29-,30?/m0/s1. The van der Waals surface area contributed by atoms with E-state index in [1.807, 2.05) is 83.1 Å². The Kier molecular flexibility index (Phi) is 9.50. The maximum Gasteiger partial charge on any atom is 0.251 e. The third-order valence-electron chi connectivity index (χ3n) is 8.65. The normalized spacial score (nSPS) is 23.4. The number of nitrogens with one attached hydrogen (secondary N) is 2. The molecule has 4 unspecified atom stereocenters. The topological polar surface area (TPSA) is 81.7 Å². The molecule has 212 valence electrons. The van der Waals surface area contributed by atoms with E-state index < -0.39 is 12.1 Å². The highest BCUT2D eigenvalue weighted by atomic mass is 16.3. The summed E-state index contributed by atoms with van der Waals surface area (Å²) in [5.74, 6) is 0.982. The lowest BCUT2D eigenvalue weighted by Crippen LogP contribution is -2.60. The van der Waals surface area contributed by atoms with Crippen molar-refractivity contribution in [3.8, 4) is 0 Å². The van der Waals surface area contributed by atoms with Crippen LogP contribution in [0.5, 0.6) is 0 Å². The van der Waals surface area contributed by atoms with E-state index in [4.69, 9.17) is 0 Å². The van der Waals surface area contributed by atoms with E-state index in [1.165, 1.54) is 25.7 Å². The molecule has 1 aliphatic heterocycles. The number of benzene rings is 2. The molecule has 1 aliphatic carbocycles. The molecule has 39 heavy (non-hydrogen) atoms. The molecule has 3 N–H and O–H groups in total. The molecule has 2 amide bonds. The summed E-state index contributed by atoms with van der Waals surface area (Å²) in [7, 11) is 0. The van der Waals surface area contributed by atoms with E-state index in [-0.39, 0.29) is 23.4 Å². The van der Waals surface area contributed by atoms with E-state index in [9.17, 15) is 14.7 Å². The minimum atomic E-state index is -0.829. The van der Waals surface area contributed by atoms with Crippen molar-refractivity contribution in [2.75, 3.05) is 13.1 Å². The summed E-state index contributed by atoms with van der Waals surface area (Å²) < 4.78 is 0. The first kappa shape index (κ1) is 29.3. The summed E-state index contributed by atoms with van der Waals surface area (Å²) in [6.07, 6.45) is 5.35. The number of hydrogen-bond donors (Lipinski definition) is 3. The Bertz CT molecular complexity index is 1130. The summed E-state index contributed by atoms with van der Waals surface area (Å²) in [5.41, 5.74) is 3.37. The van der Waals surface area contributed by atoms with Crippen molar-refractivity contribution < 1.29 is 14.7 Å². The number of β-amino-alcohol motifs (C(OH)–C–C–N with tert-alkyl or cyclic N) is 1. The molecule has 0 spiro atoms. The molecule has 2 aliphatic rings. The molecule has 0 radical (unpaired) electrons. The van der Waals surface area contributed by atoms with Crippen LogP contribution in [0.3, 0.4) is 0 Å². The maximum atomic E-state index is 13.5. The predicted molar refractivity (Wildman–Crippen MR) is 157 cm³/mol. The van der Waals surface area contributed by atoms with E-state index in [0.717, 1.165) is 29.7 Å². The molecule has 6 heteroatoms. The van der Waals surface area contributed by atoms with Crippen molar-refractivity contribution in [2.24, 2.45) is 11.8 Å². The number of carbonyl (C=O) groups is 2. The van der Waals surface area contributed by atoms with E-state index in [1.54, 1.807) is 0 Å². The van der Waals surface area contributed by atoms with Gasteiger partial charge in [0.2, 0.25) is 5.91 Å². The van der Waals surface area contributed by atoms with E-state index in [2.05, 4.69) is 15.5 Å². The SMILES string of the molecule is Cc1cccc(C(=O)NC(Cc2ccccc2)C(O)CN2CC3CCCCC3C[C@H]2C(=O)NC(C)(C)C)c1C. The Labute approximate surface area is 234 Å². The van der Waals surface area contributed by atoms with Gasteiger partial charge in [0.25, 0.3) is 5.91 Å².